The second-order valence-electron chi connectivity index (χ2n) is 22.6. The number of alkyl halides is 3. The summed E-state index contributed by atoms with van der Waals surface area (Å²) in [4.78, 5) is 40.6. The number of nitrogens with one attached hydrogen (secondary N) is 3. The van der Waals surface area contributed by atoms with Crippen molar-refractivity contribution in [2.45, 2.75) is 131 Å². The van der Waals surface area contributed by atoms with Crippen LogP contribution in [0.1, 0.15) is 113 Å². The van der Waals surface area contributed by atoms with Gasteiger partial charge in [-0.15, -0.1) is 0 Å². The highest BCUT2D eigenvalue weighted by molar-refractivity contribution is 7.90. The van der Waals surface area contributed by atoms with E-state index in [1.54, 1.807) is 31.5 Å². The summed E-state index contributed by atoms with van der Waals surface area (Å²) in [7, 11) is -2.95. The summed E-state index contributed by atoms with van der Waals surface area (Å²) in [6.45, 7) is 7.91. The lowest BCUT2D eigenvalue weighted by Crippen LogP contribution is -2.55. The third-order valence-corrected chi connectivity index (χ3v) is 19.1. The van der Waals surface area contributed by atoms with Crippen LogP contribution < -0.4 is 24.6 Å². The van der Waals surface area contributed by atoms with Crippen molar-refractivity contribution in [1.29, 1.82) is 0 Å². The molecule has 4 aliphatic heterocycles. The van der Waals surface area contributed by atoms with E-state index in [0.717, 1.165) is 107 Å². The number of anilines is 4. The number of halogens is 3. The van der Waals surface area contributed by atoms with Crippen LogP contribution in [0.25, 0.3) is 11.0 Å². The van der Waals surface area contributed by atoms with Crippen LogP contribution in [-0.2, 0) is 24.9 Å². The topological polar surface area (TPSA) is 184 Å². The molecule has 2 saturated carbocycles. The molecule has 3 N–H and O–H groups in total. The highest BCUT2D eigenvalue weighted by atomic mass is 32.2. The van der Waals surface area contributed by atoms with Crippen LogP contribution in [0.15, 0.2) is 83.9 Å². The van der Waals surface area contributed by atoms with E-state index in [2.05, 4.69) is 31.7 Å². The van der Waals surface area contributed by atoms with E-state index in [9.17, 15) is 36.5 Å². The van der Waals surface area contributed by atoms with E-state index < -0.39 is 55.2 Å². The number of nitro benzene ring substituents is 1. The van der Waals surface area contributed by atoms with Crippen molar-refractivity contribution in [3.63, 3.8) is 0 Å². The molecule has 1 spiro atoms. The molecule has 75 heavy (non-hydrogen) atoms. The van der Waals surface area contributed by atoms with Gasteiger partial charge in [-0.1, -0.05) is 24.3 Å². The molecular weight excluding hydrogens is 990 g/mol. The Morgan fingerprint density at radius 2 is 1.72 bits per heavy atom. The minimum Gasteiger partial charge on any atom is -0.468 e. The molecule has 20 heteroatoms. The van der Waals surface area contributed by atoms with E-state index in [4.69, 9.17) is 19.2 Å². The maximum Gasteiger partial charge on any atom is 0.397 e. The van der Waals surface area contributed by atoms with Gasteiger partial charge in [0.05, 0.1) is 51.3 Å². The van der Waals surface area contributed by atoms with Crippen LogP contribution in [0.3, 0.4) is 0 Å². The van der Waals surface area contributed by atoms with Crippen molar-refractivity contribution >= 4 is 55.4 Å². The monoisotopic (exact) mass is 1050 g/mol. The summed E-state index contributed by atoms with van der Waals surface area (Å²) in [6.07, 6.45) is 5.89. The van der Waals surface area contributed by atoms with Crippen molar-refractivity contribution in [2.24, 2.45) is 11.3 Å². The van der Waals surface area contributed by atoms with Gasteiger partial charge < -0.3 is 34.3 Å². The number of hydrogen-bond donors (Lipinski definition) is 3. The lowest BCUT2D eigenvalue weighted by molar-refractivity contribution is -0.384. The number of hydrogen-bond acceptors (Lipinski definition) is 13. The van der Waals surface area contributed by atoms with Crippen LogP contribution in [0.4, 0.5) is 41.6 Å². The summed E-state index contributed by atoms with van der Waals surface area (Å²) >= 11 is 0. The highest BCUT2D eigenvalue weighted by Gasteiger charge is 2.53. The first-order valence-electron chi connectivity index (χ1n) is 26.2. The Morgan fingerprint density at radius 3 is 2.45 bits per heavy atom. The number of aromatic amines is 1. The minimum absolute atomic E-state index is 0.0514. The summed E-state index contributed by atoms with van der Waals surface area (Å²) < 4.78 is 91.8. The number of benzene rings is 3. The van der Waals surface area contributed by atoms with Gasteiger partial charge in [0.1, 0.15) is 23.1 Å². The van der Waals surface area contributed by atoms with Gasteiger partial charge in [0.2, 0.25) is 5.88 Å². The molecule has 2 aromatic heterocycles. The highest BCUT2D eigenvalue weighted by Crippen LogP contribution is 2.55. The number of amides is 1. The van der Waals surface area contributed by atoms with Crippen molar-refractivity contribution < 1.29 is 45.5 Å². The zero-order valence-electron chi connectivity index (χ0n) is 42.8. The molecule has 16 nitrogen and oxygen atoms in total. The molecule has 3 aromatic carbocycles. The predicted molar refractivity (Wildman–Crippen MR) is 278 cm³/mol. The number of methoxy groups -OCH3 is 1. The quantitative estimate of drug-likeness (QED) is 0.0748. The summed E-state index contributed by atoms with van der Waals surface area (Å²) in [6, 6.07) is 19.7. The van der Waals surface area contributed by atoms with Gasteiger partial charge in [-0.25, -0.2) is 13.1 Å². The van der Waals surface area contributed by atoms with Gasteiger partial charge in [0.25, 0.3) is 21.6 Å². The number of nitrogens with zero attached hydrogens (tertiary/aromatic N) is 5. The van der Waals surface area contributed by atoms with Gasteiger partial charge in [-0.05, 0) is 156 Å². The molecule has 400 valence electrons. The second kappa shape index (κ2) is 19.2. The number of carbonyl (C=O) groups excluding carboxylic acids is 1. The molecule has 5 aromatic rings. The molecule has 3 saturated heterocycles. The zero-order chi connectivity index (χ0) is 52.7. The van der Waals surface area contributed by atoms with Crippen LogP contribution in [0.2, 0.25) is 0 Å². The van der Waals surface area contributed by atoms with Crippen molar-refractivity contribution in [2.75, 3.05) is 61.6 Å². The Hall–Kier alpha value is -5.96. The molecule has 6 heterocycles. The smallest absolute Gasteiger partial charge is 0.397 e. The van der Waals surface area contributed by atoms with E-state index in [0.29, 0.717) is 35.0 Å². The Kier molecular flexibility index (Phi) is 13.1. The first kappa shape index (κ1) is 51.2. The van der Waals surface area contributed by atoms with Gasteiger partial charge in [0.15, 0.2) is 0 Å². The molecule has 3 atom stereocenters. The number of sulfonamides is 1. The molecule has 11 rings (SSSR count). The lowest BCUT2D eigenvalue weighted by Gasteiger charge is -2.56. The predicted octanol–water partition coefficient (Wildman–Crippen LogP) is 10.3. The van der Waals surface area contributed by atoms with Crippen molar-refractivity contribution in [3.8, 4) is 5.88 Å². The fourth-order valence-corrected chi connectivity index (χ4v) is 13.9. The van der Waals surface area contributed by atoms with Crippen LogP contribution >= 0.6 is 0 Å². The maximum absolute atomic E-state index is 14.7. The first-order chi connectivity index (χ1) is 35.8. The average Bonchev–Trinajstić information content (AvgIpc) is 4.21. The summed E-state index contributed by atoms with van der Waals surface area (Å²) in [5, 5.41) is 16.4. The van der Waals surface area contributed by atoms with Gasteiger partial charge in [-0.3, -0.25) is 19.8 Å². The molecule has 2 aliphatic carbocycles. The number of nitro groups is 1. The van der Waals surface area contributed by atoms with E-state index in [1.807, 2.05) is 41.3 Å². The summed E-state index contributed by atoms with van der Waals surface area (Å²) in [5.74, 6) is -0.347. The molecular formula is C55H65F3N8O8S. The molecule has 0 unspecified atom stereocenters. The Bertz CT molecular complexity index is 3110. The van der Waals surface area contributed by atoms with Crippen LogP contribution in [0.5, 0.6) is 5.88 Å². The fourth-order valence-electron chi connectivity index (χ4n) is 12.9. The number of carbonyl (C=O) groups is 1. The van der Waals surface area contributed by atoms with Crippen molar-refractivity contribution in [3.05, 3.63) is 106 Å². The zero-order valence-corrected chi connectivity index (χ0v) is 43.6. The Morgan fingerprint density at radius 1 is 0.960 bits per heavy atom. The normalized spacial score (nSPS) is 25.2. The molecule has 5 fully saturated rings. The molecule has 0 bridgehead atoms. The molecule has 1 amide bonds. The molecule has 6 aliphatic rings. The number of rotatable bonds is 13. The summed E-state index contributed by atoms with van der Waals surface area (Å²) in [5.41, 5.74) is 1.28. The first-order valence-corrected chi connectivity index (χ1v) is 27.7. The maximum atomic E-state index is 14.7. The standard InChI is InChI=1S/C55H65F3N8O8S/c1-52(2,55(56,57)58)41-9-6-5-8-39(41)43-10-7-23-64(43)37-29-54(30-37)20-24-63(25-21-54)36-11-13-40(44(27-36)65-46-26-35-17-22-59-49(35)61-51(46)74-48-33-73-32-47(48)65)50(67)62-75(70,71)38-12-14-42(45(28-38)66(68)69)60-31-34-15-18-53(3,72-4)19-16-34/h5-6,8-9,11-14,17,22,26-28,34,37,43,47-48,60H,7,10,15-16,18-21,23-25,29-33H2,1-4H3,(H,59,61)(H,62,67)/t34?,43-,47-,48-,53?/m0/s1. The van der Waals surface area contributed by atoms with E-state index in [-0.39, 0.29) is 53.5 Å². The third-order valence-electron chi connectivity index (χ3n) is 17.8. The van der Waals surface area contributed by atoms with Gasteiger partial charge in [-0.2, -0.15) is 18.2 Å². The number of H-pyrrole nitrogens is 1. The number of pyridine rings is 1. The lowest BCUT2D eigenvalue weighted by atomic mass is 9.59. The number of fused-ring (bicyclic) bond motifs is 3. The van der Waals surface area contributed by atoms with Crippen molar-refractivity contribution in [1.82, 2.24) is 19.6 Å². The fraction of sp³-hybridized carbons (Fsp3) is 0.527. The number of ether oxygens (including phenoxy) is 3. The van der Waals surface area contributed by atoms with Gasteiger partial charge in [0, 0.05) is 62.2 Å². The third kappa shape index (κ3) is 9.47. The SMILES string of the molecule is COC1(C)CCC(CNc2ccc(S(=O)(=O)NC(=O)c3ccc(N4CCC5(CC4)CC(N4CCC[C@H]4c4ccccc4C(C)(C)C(F)(F)F)C5)cc3N3c4cc5cc[nH]c5nc4O[C@H]4COC[C@@H]43)cc2[N+](=O)[O-])CC1. The number of aromatic nitrogens is 2. The Labute approximate surface area is 434 Å². The van der Waals surface area contributed by atoms with E-state index in [1.165, 1.54) is 26.0 Å². The van der Waals surface area contributed by atoms with Crippen LogP contribution in [-0.4, -0.2) is 111 Å². The van der Waals surface area contributed by atoms with E-state index >= 15 is 0 Å². The Balaban J connectivity index is 0.844. The largest absolute Gasteiger partial charge is 0.468 e. The average molecular weight is 1060 g/mol. The number of likely N-dealkylation sites (tertiary alicyclic amines) is 1. The van der Waals surface area contributed by atoms with Crippen LogP contribution in [0, 0.1) is 21.4 Å². The number of piperidine rings is 1. The minimum atomic E-state index is -4.65. The second-order valence-corrected chi connectivity index (χ2v) is 24.2. The molecule has 0 radical (unpaired) electrons. The van der Waals surface area contributed by atoms with Gasteiger partial charge >= 0.3 is 6.18 Å².